The highest BCUT2D eigenvalue weighted by Crippen LogP contribution is 1.96. The van der Waals surface area contributed by atoms with E-state index in [0.717, 1.165) is 13.0 Å². The molecule has 0 fully saturated rings. The van der Waals surface area contributed by atoms with Crippen LogP contribution in [0, 0.1) is 0 Å². The molecule has 0 amide bonds. The van der Waals surface area contributed by atoms with Gasteiger partial charge in [0, 0.05) is 10.5 Å². The largest absolute Gasteiger partial charge is 0.305 e. The predicted molar refractivity (Wildman–Crippen MR) is 54.6 cm³/mol. The molecule has 0 aromatic carbocycles. The predicted octanol–water partition coefficient (Wildman–Crippen LogP) is 1.35. The Morgan fingerprint density at radius 2 is 2.10 bits per heavy atom. The maximum absolute atomic E-state index is 3.40. The zero-order valence-corrected chi connectivity index (χ0v) is 9.10. The Kier molecular flexibility index (Phi) is 6.78. The third-order valence-electron chi connectivity index (χ3n) is 1.40. The molecule has 0 heterocycles. The van der Waals surface area contributed by atoms with Crippen molar-refractivity contribution in [2.75, 3.05) is 13.6 Å². The summed E-state index contributed by atoms with van der Waals surface area (Å²) < 4.78 is 0.708. The van der Waals surface area contributed by atoms with Crippen LogP contribution in [-0.4, -0.2) is 23.7 Å². The number of rotatable bonds is 5. The van der Waals surface area contributed by atoms with Gasteiger partial charge in [0.2, 0.25) is 0 Å². The van der Waals surface area contributed by atoms with E-state index in [1.165, 1.54) is 0 Å². The van der Waals surface area contributed by atoms with E-state index >= 15 is 0 Å². The summed E-state index contributed by atoms with van der Waals surface area (Å²) >= 11 is 2.42. The summed E-state index contributed by atoms with van der Waals surface area (Å²) in [5.41, 5.74) is 0. The Balaban J connectivity index is 3.26. The summed E-state index contributed by atoms with van der Waals surface area (Å²) in [6, 6.07) is 0. The molecular weight excluding hydrogens is 239 g/mol. The summed E-state index contributed by atoms with van der Waals surface area (Å²) in [6.07, 6.45) is 1.62. The molecule has 2 N–H and O–H groups in total. The number of hydrogen-bond donors (Lipinski definition) is 2. The average molecular weight is 256 g/mol. The van der Waals surface area contributed by atoms with Crippen LogP contribution in [0.4, 0.5) is 0 Å². The lowest BCUT2D eigenvalue weighted by molar-refractivity contribution is 0.448. The van der Waals surface area contributed by atoms with Gasteiger partial charge in [-0.3, -0.25) is 0 Å². The first-order chi connectivity index (χ1) is 4.70. The molecule has 0 radical (unpaired) electrons. The van der Waals surface area contributed by atoms with Gasteiger partial charge in [-0.25, -0.2) is 0 Å². The Bertz CT molecular complexity index is 72.0. The fraction of sp³-hybridized carbons (Fsp3) is 1.00. The van der Waals surface area contributed by atoms with Gasteiger partial charge < -0.3 is 10.6 Å². The normalized spacial score (nSPS) is 16.8. The first-order valence-corrected chi connectivity index (χ1v) is 5.00. The Labute approximate surface area is 77.3 Å². The van der Waals surface area contributed by atoms with E-state index < -0.39 is 0 Å². The second kappa shape index (κ2) is 6.37. The number of halogens is 1. The summed E-state index contributed by atoms with van der Waals surface area (Å²) in [7, 11) is 1.99. The summed E-state index contributed by atoms with van der Waals surface area (Å²) in [5, 5.41) is 6.59. The lowest BCUT2D eigenvalue weighted by atomic mass is 10.3. The molecule has 0 saturated heterocycles. The average Bonchev–Trinajstić information content (AvgIpc) is 1.90. The highest BCUT2D eigenvalue weighted by molar-refractivity contribution is 14.1. The highest BCUT2D eigenvalue weighted by atomic mass is 127. The van der Waals surface area contributed by atoms with Gasteiger partial charge in [0.15, 0.2) is 0 Å². The van der Waals surface area contributed by atoms with Crippen molar-refractivity contribution in [2.24, 2.45) is 0 Å². The molecule has 0 rings (SSSR count). The van der Waals surface area contributed by atoms with Crippen LogP contribution >= 0.6 is 22.6 Å². The molecule has 0 aliphatic rings. The van der Waals surface area contributed by atoms with E-state index in [-0.39, 0.29) is 0 Å². The molecule has 0 spiro atoms. The molecule has 0 aliphatic carbocycles. The minimum absolute atomic E-state index is 0.484. The van der Waals surface area contributed by atoms with Crippen molar-refractivity contribution in [1.82, 2.24) is 10.6 Å². The maximum Gasteiger partial charge on any atom is 0.0566 e. The van der Waals surface area contributed by atoms with Crippen LogP contribution in [0.15, 0.2) is 0 Å². The zero-order valence-electron chi connectivity index (χ0n) is 6.95. The van der Waals surface area contributed by atoms with Crippen molar-refractivity contribution in [1.29, 1.82) is 0 Å². The van der Waals surface area contributed by atoms with E-state index in [4.69, 9.17) is 0 Å². The minimum atomic E-state index is 0.484. The number of hydrogen-bond acceptors (Lipinski definition) is 2. The number of nitrogens with one attached hydrogen (secondary N) is 2. The lowest BCUT2D eigenvalue weighted by Gasteiger charge is -2.16. The number of alkyl halides is 1. The zero-order chi connectivity index (χ0) is 7.98. The third-order valence-corrected chi connectivity index (χ3v) is 1.84. The molecule has 2 unspecified atom stereocenters. The van der Waals surface area contributed by atoms with Crippen LogP contribution in [0.5, 0.6) is 0 Å². The van der Waals surface area contributed by atoms with E-state index in [9.17, 15) is 0 Å². The monoisotopic (exact) mass is 256 g/mol. The first kappa shape index (κ1) is 10.7. The molecule has 0 aromatic rings. The Morgan fingerprint density at radius 1 is 1.50 bits per heavy atom. The molecule has 0 aromatic heterocycles. The molecule has 2 nitrogen and oxygen atoms in total. The molecule has 0 aliphatic heterocycles. The Morgan fingerprint density at radius 3 is 2.40 bits per heavy atom. The minimum Gasteiger partial charge on any atom is -0.305 e. The SMILES string of the molecule is CCC(NC)NCC(C)I. The van der Waals surface area contributed by atoms with Gasteiger partial charge in [-0.15, -0.1) is 0 Å². The van der Waals surface area contributed by atoms with E-state index in [0.29, 0.717) is 10.1 Å². The van der Waals surface area contributed by atoms with Crippen LogP contribution in [0.3, 0.4) is 0 Å². The highest BCUT2D eigenvalue weighted by Gasteiger charge is 2.01. The van der Waals surface area contributed by atoms with Gasteiger partial charge in [0.1, 0.15) is 0 Å². The van der Waals surface area contributed by atoms with Crippen molar-refractivity contribution in [2.45, 2.75) is 30.4 Å². The van der Waals surface area contributed by atoms with E-state index in [1.54, 1.807) is 0 Å². The lowest BCUT2D eigenvalue weighted by Crippen LogP contribution is -2.41. The molecule has 62 valence electrons. The summed E-state index contributed by atoms with van der Waals surface area (Å²) in [6.45, 7) is 5.46. The van der Waals surface area contributed by atoms with Crippen molar-refractivity contribution >= 4 is 22.6 Å². The summed E-state index contributed by atoms with van der Waals surface area (Å²) in [4.78, 5) is 0. The van der Waals surface area contributed by atoms with Gasteiger partial charge in [-0.1, -0.05) is 36.4 Å². The molecule has 0 saturated carbocycles. The molecule has 0 bridgehead atoms. The van der Waals surface area contributed by atoms with Crippen molar-refractivity contribution in [3.8, 4) is 0 Å². The van der Waals surface area contributed by atoms with Crippen LogP contribution < -0.4 is 10.6 Å². The molecule has 10 heavy (non-hydrogen) atoms. The Hall–Kier alpha value is 0.650. The smallest absolute Gasteiger partial charge is 0.0566 e. The van der Waals surface area contributed by atoms with Crippen LogP contribution in [0.1, 0.15) is 20.3 Å². The van der Waals surface area contributed by atoms with Crippen LogP contribution in [0.25, 0.3) is 0 Å². The molecule has 2 atom stereocenters. The van der Waals surface area contributed by atoms with E-state index in [1.807, 2.05) is 7.05 Å². The van der Waals surface area contributed by atoms with E-state index in [2.05, 4.69) is 47.1 Å². The fourth-order valence-electron chi connectivity index (χ4n) is 0.755. The van der Waals surface area contributed by atoms with Crippen LogP contribution in [0.2, 0.25) is 0 Å². The quantitative estimate of drug-likeness (QED) is 0.441. The standard InChI is InChI=1S/C7H17IN2/c1-4-7(9-3)10-5-6(2)8/h6-7,9-10H,4-5H2,1-3H3. The maximum atomic E-state index is 3.40. The van der Waals surface area contributed by atoms with Gasteiger partial charge in [0.25, 0.3) is 0 Å². The van der Waals surface area contributed by atoms with Crippen molar-refractivity contribution in [3.05, 3.63) is 0 Å². The van der Waals surface area contributed by atoms with Gasteiger partial charge in [-0.2, -0.15) is 0 Å². The van der Waals surface area contributed by atoms with Crippen molar-refractivity contribution in [3.63, 3.8) is 0 Å². The van der Waals surface area contributed by atoms with Crippen LogP contribution in [-0.2, 0) is 0 Å². The van der Waals surface area contributed by atoms with Gasteiger partial charge in [-0.05, 0) is 13.5 Å². The molecular formula is C7H17IN2. The second-order valence-corrected chi connectivity index (χ2v) is 4.56. The second-order valence-electron chi connectivity index (χ2n) is 2.44. The fourth-order valence-corrected chi connectivity index (χ4v) is 1.01. The molecule has 3 heteroatoms. The third kappa shape index (κ3) is 5.44. The topological polar surface area (TPSA) is 24.1 Å². The summed E-state index contributed by atoms with van der Waals surface area (Å²) in [5.74, 6) is 0. The first-order valence-electron chi connectivity index (χ1n) is 3.75. The van der Waals surface area contributed by atoms with Gasteiger partial charge in [0.05, 0.1) is 6.17 Å². The van der Waals surface area contributed by atoms with Crippen molar-refractivity contribution < 1.29 is 0 Å². The van der Waals surface area contributed by atoms with Gasteiger partial charge >= 0.3 is 0 Å².